The second kappa shape index (κ2) is 9.92. The summed E-state index contributed by atoms with van der Waals surface area (Å²) >= 11 is 1.71. The van der Waals surface area contributed by atoms with Crippen molar-refractivity contribution >= 4 is 17.2 Å². The summed E-state index contributed by atoms with van der Waals surface area (Å²) in [7, 11) is 1.62. The Morgan fingerprint density at radius 2 is 1.94 bits per heavy atom. The monoisotopic (exact) mass is 437 g/mol. The molecular formula is C24H27N3O3S. The molecule has 0 spiro atoms. The fourth-order valence-corrected chi connectivity index (χ4v) is 4.81. The molecule has 0 saturated carbocycles. The summed E-state index contributed by atoms with van der Waals surface area (Å²) in [5, 5.41) is 3.27. The lowest BCUT2D eigenvalue weighted by molar-refractivity contribution is -0.132. The van der Waals surface area contributed by atoms with Gasteiger partial charge in [0.2, 0.25) is 5.91 Å². The number of hydrogen-bond donors (Lipinski definition) is 0. The minimum Gasteiger partial charge on any atom is -0.493 e. The molecule has 4 rings (SSSR count). The third-order valence-corrected chi connectivity index (χ3v) is 6.59. The van der Waals surface area contributed by atoms with Crippen LogP contribution in [0, 0.1) is 6.92 Å². The highest BCUT2D eigenvalue weighted by Gasteiger charge is 2.25. The molecule has 31 heavy (non-hydrogen) atoms. The molecule has 1 aromatic carbocycles. The van der Waals surface area contributed by atoms with E-state index in [1.54, 1.807) is 30.8 Å². The van der Waals surface area contributed by atoms with Crippen molar-refractivity contribution in [1.82, 2.24) is 14.9 Å². The maximum Gasteiger partial charge on any atom is 0.225 e. The number of piperidine rings is 1. The zero-order valence-corrected chi connectivity index (χ0v) is 18.7. The highest BCUT2D eigenvalue weighted by atomic mass is 32.1. The molecule has 2 aromatic heterocycles. The van der Waals surface area contributed by atoms with Crippen molar-refractivity contribution in [3.63, 3.8) is 0 Å². The average Bonchev–Trinajstić information content (AvgIpc) is 3.31. The van der Waals surface area contributed by atoms with Crippen LogP contribution in [0.3, 0.4) is 0 Å². The molecule has 6 nitrogen and oxygen atoms in total. The first kappa shape index (κ1) is 21.3. The van der Waals surface area contributed by atoms with Crippen LogP contribution in [-0.4, -0.2) is 47.6 Å². The van der Waals surface area contributed by atoms with E-state index in [1.165, 1.54) is 0 Å². The van der Waals surface area contributed by atoms with Crippen molar-refractivity contribution in [2.45, 2.75) is 32.1 Å². The van der Waals surface area contributed by atoms with Gasteiger partial charge in [0.05, 0.1) is 30.8 Å². The van der Waals surface area contributed by atoms with Gasteiger partial charge in [-0.15, -0.1) is 11.3 Å². The zero-order valence-electron chi connectivity index (χ0n) is 17.9. The number of methoxy groups -OCH3 is 1. The van der Waals surface area contributed by atoms with Crippen LogP contribution < -0.4 is 9.47 Å². The Balaban J connectivity index is 1.25. The third-order valence-electron chi connectivity index (χ3n) is 5.59. The molecule has 0 unspecified atom stereocenters. The number of pyridine rings is 1. The van der Waals surface area contributed by atoms with E-state index in [-0.39, 0.29) is 5.91 Å². The summed E-state index contributed by atoms with van der Waals surface area (Å²) in [4.78, 5) is 23.5. The number of ether oxygens (including phenoxy) is 2. The molecule has 0 aliphatic carbocycles. The lowest BCUT2D eigenvalue weighted by atomic mass is 9.97. The fraction of sp³-hybridized carbons (Fsp3) is 0.375. The first-order chi connectivity index (χ1) is 15.1. The lowest BCUT2D eigenvalue weighted by Crippen LogP contribution is -2.38. The van der Waals surface area contributed by atoms with E-state index in [2.05, 4.69) is 10.4 Å². The molecule has 1 amide bonds. The van der Waals surface area contributed by atoms with Crippen LogP contribution in [0.25, 0.3) is 11.3 Å². The number of likely N-dealkylation sites (tertiary alicyclic amines) is 1. The Morgan fingerprint density at radius 1 is 1.16 bits per heavy atom. The highest BCUT2D eigenvalue weighted by molar-refractivity contribution is 7.10. The molecule has 1 aliphatic rings. The minimum absolute atomic E-state index is 0.140. The molecule has 0 bridgehead atoms. The zero-order chi connectivity index (χ0) is 21.6. The Labute approximate surface area is 186 Å². The van der Waals surface area contributed by atoms with Gasteiger partial charge in [-0.05, 0) is 49.6 Å². The summed E-state index contributed by atoms with van der Waals surface area (Å²) in [6, 6.07) is 9.75. The Hall–Kier alpha value is -2.93. The molecule has 1 fully saturated rings. The van der Waals surface area contributed by atoms with Gasteiger partial charge in [-0.3, -0.25) is 9.78 Å². The highest BCUT2D eigenvalue weighted by Crippen LogP contribution is 2.33. The second-order valence-electron chi connectivity index (χ2n) is 7.71. The summed E-state index contributed by atoms with van der Waals surface area (Å²) in [6.07, 6.45) is 5.84. The molecule has 0 radical (unpaired) electrons. The standard InChI is InChI=1S/C24H27N3O3S/c1-17-3-4-21(22(15-17)29-2)30-14-9-23(28)27-12-7-19(8-13-27)24-26-20(16-31-24)18-5-10-25-11-6-18/h3-6,10-11,15-16,19H,7-9,12-14H2,1-2H3. The lowest BCUT2D eigenvalue weighted by Gasteiger charge is -2.31. The van der Waals surface area contributed by atoms with Gasteiger partial charge < -0.3 is 14.4 Å². The van der Waals surface area contributed by atoms with Gasteiger partial charge in [-0.2, -0.15) is 0 Å². The Bertz CT molecular complexity index is 1010. The van der Waals surface area contributed by atoms with Crippen molar-refractivity contribution in [2.75, 3.05) is 26.8 Å². The van der Waals surface area contributed by atoms with Gasteiger partial charge in [-0.25, -0.2) is 4.98 Å². The number of hydrogen-bond acceptors (Lipinski definition) is 6. The fourth-order valence-electron chi connectivity index (χ4n) is 3.81. The van der Waals surface area contributed by atoms with Crippen molar-refractivity contribution in [3.8, 4) is 22.8 Å². The van der Waals surface area contributed by atoms with E-state index >= 15 is 0 Å². The molecule has 7 heteroatoms. The number of nitrogens with zero attached hydrogens (tertiary/aromatic N) is 3. The number of aryl methyl sites for hydroxylation is 1. The number of carbonyl (C=O) groups excluding carboxylic acids is 1. The minimum atomic E-state index is 0.140. The smallest absolute Gasteiger partial charge is 0.225 e. The Kier molecular flexibility index (Phi) is 6.82. The summed E-state index contributed by atoms with van der Waals surface area (Å²) in [5.41, 5.74) is 3.20. The molecule has 0 N–H and O–H groups in total. The summed E-state index contributed by atoms with van der Waals surface area (Å²) in [5.74, 6) is 1.93. The van der Waals surface area contributed by atoms with Crippen molar-refractivity contribution in [3.05, 3.63) is 58.7 Å². The topological polar surface area (TPSA) is 64.6 Å². The van der Waals surface area contributed by atoms with E-state index < -0.39 is 0 Å². The van der Waals surface area contributed by atoms with Gasteiger partial charge in [0, 0.05) is 42.3 Å². The summed E-state index contributed by atoms with van der Waals surface area (Å²) < 4.78 is 11.1. The maximum absolute atomic E-state index is 12.6. The van der Waals surface area contributed by atoms with Crippen LogP contribution >= 0.6 is 11.3 Å². The molecule has 1 saturated heterocycles. The molecule has 3 heterocycles. The van der Waals surface area contributed by atoms with Gasteiger partial charge >= 0.3 is 0 Å². The molecule has 3 aromatic rings. The molecule has 1 aliphatic heterocycles. The number of aromatic nitrogens is 2. The first-order valence-electron chi connectivity index (χ1n) is 10.5. The van der Waals surface area contributed by atoms with Crippen LogP contribution in [0.2, 0.25) is 0 Å². The van der Waals surface area contributed by atoms with Gasteiger partial charge in [0.1, 0.15) is 0 Å². The van der Waals surface area contributed by atoms with E-state index in [1.807, 2.05) is 42.2 Å². The van der Waals surface area contributed by atoms with Crippen LogP contribution in [0.5, 0.6) is 11.5 Å². The number of thiazole rings is 1. The normalized spacial score (nSPS) is 14.5. The first-order valence-corrected chi connectivity index (χ1v) is 11.4. The van der Waals surface area contributed by atoms with Gasteiger partial charge in [0.15, 0.2) is 11.5 Å². The predicted molar refractivity (Wildman–Crippen MR) is 122 cm³/mol. The van der Waals surface area contributed by atoms with Gasteiger partial charge in [-0.1, -0.05) is 6.07 Å². The quantitative estimate of drug-likeness (QED) is 0.536. The van der Waals surface area contributed by atoms with Crippen LogP contribution in [0.1, 0.15) is 35.8 Å². The SMILES string of the molecule is COc1cc(C)ccc1OCCC(=O)N1CCC(c2nc(-c3ccncc3)cs2)CC1. The number of carbonyl (C=O) groups is 1. The maximum atomic E-state index is 12.6. The van der Waals surface area contributed by atoms with Crippen molar-refractivity contribution in [1.29, 1.82) is 0 Å². The van der Waals surface area contributed by atoms with Crippen LogP contribution in [0.15, 0.2) is 48.1 Å². The molecule has 162 valence electrons. The van der Waals surface area contributed by atoms with E-state index in [4.69, 9.17) is 14.5 Å². The Morgan fingerprint density at radius 3 is 2.68 bits per heavy atom. The predicted octanol–water partition coefficient (Wildman–Crippen LogP) is 4.70. The third kappa shape index (κ3) is 5.22. The largest absolute Gasteiger partial charge is 0.493 e. The molecule has 0 atom stereocenters. The van der Waals surface area contributed by atoms with Crippen LogP contribution in [0.4, 0.5) is 0 Å². The van der Waals surface area contributed by atoms with Crippen molar-refractivity contribution in [2.24, 2.45) is 0 Å². The molecular weight excluding hydrogens is 410 g/mol. The van der Waals surface area contributed by atoms with Crippen molar-refractivity contribution < 1.29 is 14.3 Å². The van der Waals surface area contributed by atoms with E-state index in [0.717, 1.165) is 47.8 Å². The number of benzene rings is 1. The number of amides is 1. The van der Waals surface area contributed by atoms with Gasteiger partial charge in [0.25, 0.3) is 0 Å². The van der Waals surface area contributed by atoms with E-state index in [9.17, 15) is 4.79 Å². The summed E-state index contributed by atoms with van der Waals surface area (Å²) in [6.45, 7) is 3.88. The van der Waals surface area contributed by atoms with E-state index in [0.29, 0.717) is 30.4 Å². The van der Waals surface area contributed by atoms with Crippen LogP contribution in [-0.2, 0) is 4.79 Å². The second-order valence-corrected chi connectivity index (χ2v) is 8.60. The number of rotatable bonds is 7. The average molecular weight is 438 g/mol.